The molecular weight excluding hydrogens is 251 g/mol. The first-order chi connectivity index (χ1) is 9.54. The maximum absolute atomic E-state index is 13.0. The maximum Gasteiger partial charge on any atom is 0.123 e. The summed E-state index contributed by atoms with van der Waals surface area (Å²) in [5.41, 5.74) is 1.13. The zero-order valence-corrected chi connectivity index (χ0v) is 12.9. The van der Waals surface area contributed by atoms with Crippen LogP contribution in [0, 0.1) is 17.7 Å². The van der Waals surface area contributed by atoms with Gasteiger partial charge in [-0.1, -0.05) is 20.8 Å². The smallest absolute Gasteiger partial charge is 0.123 e. The Morgan fingerprint density at radius 3 is 2.60 bits per heavy atom. The van der Waals surface area contributed by atoms with Gasteiger partial charge < -0.3 is 10.2 Å². The summed E-state index contributed by atoms with van der Waals surface area (Å²) in [6.07, 6.45) is 2.46. The van der Waals surface area contributed by atoms with Crippen molar-refractivity contribution in [2.24, 2.45) is 11.8 Å². The lowest BCUT2D eigenvalue weighted by molar-refractivity contribution is 0.344. The molecule has 112 valence electrons. The van der Waals surface area contributed by atoms with E-state index in [1.54, 1.807) is 12.1 Å². The van der Waals surface area contributed by atoms with E-state index in [-0.39, 0.29) is 5.82 Å². The van der Waals surface area contributed by atoms with E-state index in [1.807, 2.05) is 12.1 Å². The summed E-state index contributed by atoms with van der Waals surface area (Å²) in [7, 11) is 0. The van der Waals surface area contributed by atoms with Crippen LogP contribution in [0.25, 0.3) is 0 Å². The van der Waals surface area contributed by atoms with Gasteiger partial charge in [0.2, 0.25) is 0 Å². The molecule has 1 aliphatic heterocycles. The Labute approximate surface area is 122 Å². The van der Waals surface area contributed by atoms with E-state index in [4.69, 9.17) is 0 Å². The number of nitrogens with zero attached hydrogens (tertiary/aromatic N) is 1. The molecule has 2 unspecified atom stereocenters. The van der Waals surface area contributed by atoms with Gasteiger partial charge in [0.25, 0.3) is 0 Å². The zero-order chi connectivity index (χ0) is 14.5. The third-order valence-electron chi connectivity index (χ3n) is 4.01. The average Bonchev–Trinajstić information content (AvgIpc) is 2.38. The van der Waals surface area contributed by atoms with Crippen LogP contribution in [-0.2, 0) is 0 Å². The number of benzene rings is 1. The summed E-state index contributed by atoms with van der Waals surface area (Å²) in [6.45, 7) is 9.99. The van der Waals surface area contributed by atoms with Crippen LogP contribution in [0.1, 0.15) is 33.6 Å². The minimum absolute atomic E-state index is 0.162. The molecule has 2 atom stereocenters. The second kappa shape index (κ2) is 7.07. The topological polar surface area (TPSA) is 15.3 Å². The molecule has 0 amide bonds. The molecule has 2 rings (SSSR count). The van der Waals surface area contributed by atoms with Crippen LogP contribution in [0.15, 0.2) is 24.3 Å². The van der Waals surface area contributed by atoms with Crippen molar-refractivity contribution in [3.63, 3.8) is 0 Å². The number of hydrogen-bond donors (Lipinski definition) is 1. The van der Waals surface area contributed by atoms with Crippen molar-refractivity contribution in [2.45, 2.75) is 39.7 Å². The fraction of sp³-hybridized carbons (Fsp3) is 0.647. The summed E-state index contributed by atoms with van der Waals surface area (Å²) in [5, 5.41) is 3.68. The molecule has 0 aliphatic carbocycles. The Bertz CT molecular complexity index is 402. The van der Waals surface area contributed by atoms with Gasteiger partial charge in [-0.15, -0.1) is 0 Å². The number of anilines is 1. The quantitative estimate of drug-likeness (QED) is 0.884. The lowest BCUT2D eigenvalue weighted by Gasteiger charge is -2.38. The highest BCUT2D eigenvalue weighted by molar-refractivity contribution is 5.47. The van der Waals surface area contributed by atoms with Crippen LogP contribution >= 0.6 is 0 Å². The molecule has 1 heterocycles. The molecule has 0 saturated carbocycles. The zero-order valence-electron chi connectivity index (χ0n) is 12.9. The highest BCUT2D eigenvalue weighted by atomic mass is 19.1. The van der Waals surface area contributed by atoms with Gasteiger partial charge in [-0.2, -0.15) is 0 Å². The SMILES string of the molecule is CC(C)CCNC1CC(C)CN(c2ccc(F)cc2)C1. The van der Waals surface area contributed by atoms with Gasteiger partial charge in [-0.05, 0) is 55.5 Å². The van der Waals surface area contributed by atoms with Crippen LogP contribution in [-0.4, -0.2) is 25.7 Å². The van der Waals surface area contributed by atoms with E-state index in [9.17, 15) is 4.39 Å². The molecule has 0 bridgehead atoms. The van der Waals surface area contributed by atoms with Crippen molar-refractivity contribution >= 4 is 5.69 Å². The maximum atomic E-state index is 13.0. The van der Waals surface area contributed by atoms with Crippen LogP contribution in [0.4, 0.5) is 10.1 Å². The van der Waals surface area contributed by atoms with Crippen molar-refractivity contribution < 1.29 is 4.39 Å². The molecule has 1 aromatic carbocycles. The molecule has 1 aliphatic rings. The monoisotopic (exact) mass is 278 g/mol. The Balaban J connectivity index is 1.92. The predicted molar refractivity (Wildman–Crippen MR) is 83.6 cm³/mol. The first-order valence-electron chi connectivity index (χ1n) is 7.78. The third-order valence-corrected chi connectivity index (χ3v) is 4.01. The Hall–Kier alpha value is -1.09. The highest BCUT2D eigenvalue weighted by Gasteiger charge is 2.24. The summed E-state index contributed by atoms with van der Waals surface area (Å²) in [4.78, 5) is 2.38. The average molecular weight is 278 g/mol. The van der Waals surface area contributed by atoms with Gasteiger partial charge in [0.05, 0.1) is 0 Å². The molecule has 0 spiro atoms. The van der Waals surface area contributed by atoms with E-state index >= 15 is 0 Å². The lowest BCUT2D eigenvalue weighted by atomic mass is 9.95. The van der Waals surface area contributed by atoms with Crippen LogP contribution in [0.5, 0.6) is 0 Å². The molecule has 0 aromatic heterocycles. The highest BCUT2D eigenvalue weighted by Crippen LogP contribution is 2.23. The Morgan fingerprint density at radius 1 is 1.25 bits per heavy atom. The molecule has 1 N–H and O–H groups in total. The fourth-order valence-electron chi connectivity index (χ4n) is 2.94. The van der Waals surface area contributed by atoms with Crippen molar-refractivity contribution in [1.29, 1.82) is 0 Å². The van der Waals surface area contributed by atoms with E-state index in [1.165, 1.54) is 12.8 Å². The molecule has 20 heavy (non-hydrogen) atoms. The van der Waals surface area contributed by atoms with Crippen LogP contribution < -0.4 is 10.2 Å². The van der Waals surface area contributed by atoms with Crippen molar-refractivity contribution in [3.8, 4) is 0 Å². The van der Waals surface area contributed by atoms with E-state index < -0.39 is 0 Å². The first-order valence-corrected chi connectivity index (χ1v) is 7.78. The van der Waals surface area contributed by atoms with Crippen molar-refractivity contribution in [3.05, 3.63) is 30.1 Å². The summed E-state index contributed by atoms with van der Waals surface area (Å²) in [5.74, 6) is 1.26. The number of hydrogen-bond acceptors (Lipinski definition) is 2. The largest absolute Gasteiger partial charge is 0.370 e. The number of rotatable bonds is 5. The second-order valence-corrected chi connectivity index (χ2v) is 6.56. The molecule has 0 radical (unpaired) electrons. The number of nitrogens with one attached hydrogen (secondary N) is 1. The predicted octanol–water partition coefficient (Wildman–Crippen LogP) is 3.68. The summed E-state index contributed by atoms with van der Waals surface area (Å²) < 4.78 is 13.0. The fourth-order valence-corrected chi connectivity index (χ4v) is 2.94. The van der Waals surface area contributed by atoms with E-state index in [0.717, 1.165) is 31.2 Å². The van der Waals surface area contributed by atoms with Crippen molar-refractivity contribution in [2.75, 3.05) is 24.5 Å². The molecule has 3 heteroatoms. The first kappa shape index (κ1) is 15.3. The van der Waals surface area contributed by atoms with Gasteiger partial charge >= 0.3 is 0 Å². The number of piperidine rings is 1. The third kappa shape index (κ3) is 4.48. The number of halogens is 1. The normalized spacial score (nSPS) is 23.4. The molecular formula is C17H27FN2. The second-order valence-electron chi connectivity index (χ2n) is 6.56. The minimum atomic E-state index is -0.162. The summed E-state index contributed by atoms with van der Waals surface area (Å²) >= 11 is 0. The molecule has 2 nitrogen and oxygen atoms in total. The van der Waals surface area contributed by atoms with E-state index in [2.05, 4.69) is 31.0 Å². The van der Waals surface area contributed by atoms with Gasteiger partial charge in [-0.25, -0.2) is 4.39 Å². The molecule has 1 fully saturated rings. The van der Waals surface area contributed by atoms with Gasteiger partial charge in [0, 0.05) is 24.8 Å². The van der Waals surface area contributed by atoms with Crippen LogP contribution in [0.2, 0.25) is 0 Å². The Morgan fingerprint density at radius 2 is 1.95 bits per heavy atom. The summed E-state index contributed by atoms with van der Waals surface area (Å²) in [6, 6.07) is 7.42. The van der Waals surface area contributed by atoms with E-state index in [0.29, 0.717) is 12.0 Å². The standard InChI is InChI=1S/C17H27FN2/c1-13(2)8-9-19-16-10-14(3)11-20(12-16)17-6-4-15(18)5-7-17/h4-7,13-14,16,19H,8-12H2,1-3H3. The minimum Gasteiger partial charge on any atom is -0.370 e. The van der Waals surface area contributed by atoms with Crippen LogP contribution in [0.3, 0.4) is 0 Å². The lowest BCUT2D eigenvalue weighted by Crippen LogP contribution is -2.49. The Kier molecular flexibility index (Phi) is 5.41. The van der Waals surface area contributed by atoms with Gasteiger partial charge in [-0.3, -0.25) is 0 Å². The van der Waals surface area contributed by atoms with Gasteiger partial charge in [0.1, 0.15) is 5.82 Å². The van der Waals surface area contributed by atoms with Crippen molar-refractivity contribution in [1.82, 2.24) is 5.32 Å². The molecule has 1 aromatic rings. The van der Waals surface area contributed by atoms with Gasteiger partial charge in [0.15, 0.2) is 0 Å². The molecule has 1 saturated heterocycles.